The minimum Gasteiger partial charge on any atom is -0.384 e. The quantitative estimate of drug-likeness (QED) is 0.937. The van der Waals surface area contributed by atoms with Gasteiger partial charge in [-0.05, 0) is 17.7 Å². The lowest BCUT2D eigenvalue weighted by Crippen LogP contribution is -2.19. The van der Waals surface area contributed by atoms with E-state index in [1.807, 2.05) is 36.2 Å². The number of aromatic nitrogens is 2. The van der Waals surface area contributed by atoms with Crippen molar-refractivity contribution in [3.05, 3.63) is 46.7 Å². The van der Waals surface area contributed by atoms with Gasteiger partial charge in [0.05, 0.1) is 0 Å². The van der Waals surface area contributed by atoms with Gasteiger partial charge in [-0.2, -0.15) is 0 Å². The van der Waals surface area contributed by atoms with Crippen molar-refractivity contribution in [3.8, 4) is 0 Å². The highest BCUT2D eigenvalue weighted by Crippen LogP contribution is 2.19. The van der Waals surface area contributed by atoms with Crippen LogP contribution in [0.25, 0.3) is 0 Å². The lowest BCUT2D eigenvalue weighted by atomic mass is 10.2. The number of nitrogens with zero attached hydrogens (tertiary/aromatic N) is 3. The Labute approximate surface area is 124 Å². The molecule has 0 fully saturated rings. The van der Waals surface area contributed by atoms with E-state index in [4.69, 9.17) is 17.3 Å². The van der Waals surface area contributed by atoms with Crippen molar-refractivity contribution in [1.29, 1.82) is 0 Å². The van der Waals surface area contributed by atoms with E-state index in [9.17, 15) is 0 Å². The maximum Gasteiger partial charge on any atom is 0.135 e. The molecule has 0 saturated carbocycles. The number of nitrogen functional groups attached to an aromatic ring is 1. The van der Waals surface area contributed by atoms with Gasteiger partial charge in [0.25, 0.3) is 0 Å². The van der Waals surface area contributed by atoms with E-state index in [0.717, 1.165) is 23.2 Å². The van der Waals surface area contributed by atoms with Crippen LogP contribution >= 0.6 is 11.6 Å². The molecule has 0 aliphatic carbocycles. The van der Waals surface area contributed by atoms with Crippen LogP contribution in [0.2, 0.25) is 5.02 Å². The summed E-state index contributed by atoms with van der Waals surface area (Å²) in [7, 11) is 1.99. The Morgan fingerprint density at radius 1 is 1.20 bits per heavy atom. The van der Waals surface area contributed by atoms with Crippen LogP contribution in [0, 0.1) is 0 Å². The second-order valence-corrected chi connectivity index (χ2v) is 5.58. The largest absolute Gasteiger partial charge is 0.384 e. The number of hydrogen-bond donors (Lipinski definition) is 1. The van der Waals surface area contributed by atoms with Gasteiger partial charge in [0.1, 0.15) is 17.5 Å². The summed E-state index contributed by atoms with van der Waals surface area (Å²) >= 11 is 5.89. The minimum absolute atomic E-state index is 0.251. The van der Waals surface area contributed by atoms with Gasteiger partial charge in [-0.25, -0.2) is 9.97 Å². The lowest BCUT2D eigenvalue weighted by Gasteiger charge is -2.20. The fraction of sp³-hybridized carbons (Fsp3) is 0.333. The third kappa shape index (κ3) is 3.61. The molecule has 0 bridgehead atoms. The fourth-order valence-corrected chi connectivity index (χ4v) is 2.00. The number of anilines is 2. The summed E-state index contributed by atoms with van der Waals surface area (Å²) in [4.78, 5) is 10.9. The molecule has 0 atom stereocenters. The van der Waals surface area contributed by atoms with Gasteiger partial charge in [0.2, 0.25) is 0 Å². The molecule has 1 aromatic carbocycles. The zero-order valence-corrected chi connectivity index (χ0v) is 12.7. The maximum atomic E-state index is 5.89. The van der Waals surface area contributed by atoms with Crippen molar-refractivity contribution in [2.75, 3.05) is 17.7 Å². The number of nitrogens with two attached hydrogens (primary N) is 1. The molecular formula is C15H19ClN4. The van der Waals surface area contributed by atoms with Crippen LogP contribution < -0.4 is 10.6 Å². The molecule has 0 unspecified atom stereocenters. The van der Waals surface area contributed by atoms with E-state index in [1.165, 1.54) is 5.56 Å². The Kier molecular flexibility index (Phi) is 4.45. The first-order valence-corrected chi connectivity index (χ1v) is 6.93. The van der Waals surface area contributed by atoms with Gasteiger partial charge in [0, 0.05) is 30.6 Å². The van der Waals surface area contributed by atoms with Crippen molar-refractivity contribution in [2.45, 2.75) is 26.3 Å². The summed E-state index contributed by atoms with van der Waals surface area (Å²) in [5.41, 5.74) is 7.02. The average molecular weight is 291 g/mol. The highest BCUT2D eigenvalue weighted by molar-refractivity contribution is 6.30. The Morgan fingerprint density at radius 3 is 2.45 bits per heavy atom. The van der Waals surface area contributed by atoms with E-state index >= 15 is 0 Å². The summed E-state index contributed by atoms with van der Waals surface area (Å²) in [6, 6.07) is 9.58. The van der Waals surface area contributed by atoms with Crippen molar-refractivity contribution < 1.29 is 0 Å². The SMILES string of the molecule is CC(C)c1nc(N)cc(N(C)Cc2ccc(Cl)cc2)n1. The van der Waals surface area contributed by atoms with Crippen LogP contribution in [0.1, 0.15) is 31.2 Å². The molecule has 2 N–H and O–H groups in total. The molecule has 0 radical (unpaired) electrons. The summed E-state index contributed by atoms with van der Waals surface area (Å²) in [6.45, 7) is 4.85. The van der Waals surface area contributed by atoms with Crippen molar-refractivity contribution in [1.82, 2.24) is 9.97 Å². The zero-order chi connectivity index (χ0) is 14.7. The average Bonchev–Trinajstić information content (AvgIpc) is 2.40. The lowest BCUT2D eigenvalue weighted by molar-refractivity contribution is 0.765. The molecule has 0 aliphatic heterocycles. The molecule has 0 aliphatic rings. The minimum atomic E-state index is 0.251. The molecule has 1 heterocycles. The van der Waals surface area contributed by atoms with Crippen molar-refractivity contribution in [3.63, 3.8) is 0 Å². The summed E-state index contributed by atoms with van der Waals surface area (Å²) in [5.74, 6) is 2.35. The highest BCUT2D eigenvalue weighted by Gasteiger charge is 2.10. The van der Waals surface area contributed by atoms with Crippen LogP contribution in [0.5, 0.6) is 0 Å². The fourth-order valence-electron chi connectivity index (χ4n) is 1.87. The summed E-state index contributed by atoms with van der Waals surface area (Å²) < 4.78 is 0. The summed E-state index contributed by atoms with van der Waals surface area (Å²) in [6.07, 6.45) is 0. The Hall–Kier alpha value is -1.81. The van der Waals surface area contributed by atoms with Gasteiger partial charge in [-0.15, -0.1) is 0 Å². The highest BCUT2D eigenvalue weighted by atomic mass is 35.5. The number of rotatable bonds is 4. The van der Waals surface area contributed by atoms with Crippen molar-refractivity contribution in [2.24, 2.45) is 0 Å². The second-order valence-electron chi connectivity index (χ2n) is 5.15. The topological polar surface area (TPSA) is 55.0 Å². The monoisotopic (exact) mass is 290 g/mol. The van der Waals surface area contributed by atoms with Crippen LogP contribution in [0.4, 0.5) is 11.6 Å². The molecule has 106 valence electrons. The molecule has 20 heavy (non-hydrogen) atoms. The number of halogens is 1. The number of hydrogen-bond acceptors (Lipinski definition) is 4. The van der Waals surface area contributed by atoms with Gasteiger partial charge in [0.15, 0.2) is 0 Å². The third-order valence-corrected chi connectivity index (χ3v) is 3.24. The maximum absolute atomic E-state index is 5.89. The predicted molar refractivity (Wildman–Crippen MR) is 84.1 cm³/mol. The van der Waals surface area contributed by atoms with Gasteiger partial charge >= 0.3 is 0 Å². The molecule has 5 heteroatoms. The summed E-state index contributed by atoms with van der Waals surface area (Å²) in [5, 5.41) is 0.741. The van der Waals surface area contributed by atoms with E-state index in [0.29, 0.717) is 5.82 Å². The van der Waals surface area contributed by atoms with E-state index in [1.54, 1.807) is 6.07 Å². The van der Waals surface area contributed by atoms with Crippen LogP contribution in [0.15, 0.2) is 30.3 Å². The van der Waals surface area contributed by atoms with E-state index in [-0.39, 0.29) is 5.92 Å². The number of benzene rings is 1. The van der Waals surface area contributed by atoms with E-state index < -0.39 is 0 Å². The zero-order valence-electron chi connectivity index (χ0n) is 12.0. The van der Waals surface area contributed by atoms with Crippen molar-refractivity contribution >= 4 is 23.2 Å². The smallest absolute Gasteiger partial charge is 0.135 e. The van der Waals surface area contributed by atoms with E-state index in [2.05, 4.69) is 23.8 Å². The van der Waals surface area contributed by atoms with Crippen LogP contribution in [-0.2, 0) is 6.54 Å². The molecule has 1 aromatic heterocycles. The van der Waals surface area contributed by atoms with Gasteiger partial charge in [-0.1, -0.05) is 37.6 Å². The van der Waals surface area contributed by atoms with Gasteiger partial charge < -0.3 is 10.6 Å². The first-order chi connectivity index (χ1) is 9.45. The predicted octanol–water partition coefficient (Wildman–Crippen LogP) is 3.47. The molecular weight excluding hydrogens is 272 g/mol. The molecule has 0 saturated heterocycles. The molecule has 2 rings (SSSR count). The first kappa shape index (κ1) is 14.6. The third-order valence-electron chi connectivity index (χ3n) is 2.99. The normalized spacial score (nSPS) is 10.8. The second kappa shape index (κ2) is 6.09. The Morgan fingerprint density at radius 2 is 1.85 bits per heavy atom. The standard InChI is InChI=1S/C15H19ClN4/c1-10(2)15-18-13(17)8-14(19-15)20(3)9-11-4-6-12(16)7-5-11/h4-8,10H,9H2,1-3H3,(H2,17,18,19). The Bertz CT molecular complexity index is 581. The molecule has 0 spiro atoms. The molecule has 2 aromatic rings. The van der Waals surface area contributed by atoms with Crippen LogP contribution in [0.3, 0.4) is 0 Å². The Balaban J connectivity index is 2.20. The van der Waals surface area contributed by atoms with Crippen LogP contribution in [-0.4, -0.2) is 17.0 Å². The molecule has 4 nitrogen and oxygen atoms in total. The van der Waals surface area contributed by atoms with Gasteiger partial charge in [-0.3, -0.25) is 0 Å². The first-order valence-electron chi connectivity index (χ1n) is 6.55. The molecule has 0 amide bonds.